The standard InChI is InChI=1S/C25H28N2O5S/c1-19-15-20(23-7-3-4-8-24(23)26-19)16-32-21-9-11-22(12-10-21)33(30,31)17-25(27(29)18-28)13-5-2-6-14-25/h3-4,7-12,15,18,29H,2,5-6,13-14,16-17H2,1H3. The normalized spacial score (nSPS) is 15.8. The molecule has 3 aromatic rings. The van der Waals surface area contributed by atoms with Crippen molar-refractivity contribution in [3.8, 4) is 5.75 Å². The van der Waals surface area contributed by atoms with Gasteiger partial charge < -0.3 is 4.74 Å². The third kappa shape index (κ3) is 5.02. The second kappa shape index (κ2) is 9.49. The number of aromatic nitrogens is 1. The Morgan fingerprint density at radius 2 is 1.79 bits per heavy atom. The second-order valence-corrected chi connectivity index (χ2v) is 10.7. The average molecular weight is 469 g/mol. The van der Waals surface area contributed by atoms with E-state index in [4.69, 9.17) is 4.74 Å². The molecule has 1 aliphatic carbocycles. The summed E-state index contributed by atoms with van der Waals surface area (Å²) in [5, 5.41) is 11.7. The molecule has 1 aromatic heterocycles. The Labute approximate surface area is 193 Å². The van der Waals surface area contributed by atoms with Crippen LogP contribution in [0.3, 0.4) is 0 Å². The van der Waals surface area contributed by atoms with Crippen molar-refractivity contribution in [1.29, 1.82) is 0 Å². The predicted octanol–water partition coefficient (Wildman–Crippen LogP) is 4.45. The predicted molar refractivity (Wildman–Crippen MR) is 125 cm³/mol. The van der Waals surface area contributed by atoms with Gasteiger partial charge in [0.1, 0.15) is 12.4 Å². The Bertz CT molecular complexity index is 1240. The van der Waals surface area contributed by atoms with Gasteiger partial charge in [0.05, 0.1) is 21.7 Å². The minimum absolute atomic E-state index is 0.143. The van der Waals surface area contributed by atoms with Crippen LogP contribution in [-0.2, 0) is 21.2 Å². The SMILES string of the molecule is Cc1cc(COc2ccc(S(=O)(=O)CC3(N(O)C=O)CCCCC3)cc2)c2ccccc2n1. The van der Waals surface area contributed by atoms with Crippen molar-refractivity contribution in [3.05, 3.63) is 65.9 Å². The number of carbonyl (C=O) groups excluding carboxylic acids is 1. The molecule has 1 heterocycles. The van der Waals surface area contributed by atoms with Gasteiger partial charge in [-0.2, -0.15) is 0 Å². The number of para-hydroxylation sites is 1. The molecule has 7 nitrogen and oxygen atoms in total. The van der Waals surface area contributed by atoms with E-state index in [1.807, 2.05) is 37.3 Å². The van der Waals surface area contributed by atoms with Crippen LogP contribution in [0.2, 0.25) is 0 Å². The summed E-state index contributed by atoms with van der Waals surface area (Å²) in [6.45, 7) is 2.27. The number of amides is 1. The van der Waals surface area contributed by atoms with E-state index in [9.17, 15) is 18.4 Å². The molecule has 1 fully saturated rings. The lowest BCUT2D eigenvalue weighted by Gasteiger charge is -2.40. The summed E-state index contributed by atoms with van der Waals surface area (Å²) in [6, 6.07) is 16.1. The molecule has 0 saturated heterocycles. The summed E-state index contributed by atoms with van der Waals surface area (Å²) in [7, 11) is -3.72. The molecule has 0 spiro atoms. The molecule has 8 heteroatoms. The van der Waals surface area contributed by atoms with Crippen molar-refractivity contribution < 1.29 is 23.2 Å². The first-order chi connectivity index (χ1) is 15.8. The zero-order valence-corrected chi connectivity index (χ0v) is 19.4. The summed E-state index contributed by atoms with van der Waals surface area (Å²) < 4.78 is 32.1. The number of benzene rings is 2. The lowest BCUT2D eigenvalue weighted by atomic mass is 9.83. The van der Waals surface area contributed by atoms with Crippen molar-refractivity contribution in [1.82, 2.24) is 10.0 Å². The Morgan fingerprint density at radius 1 is 1.09 bits per heavy atom. The Kier molecular flexibility index (Phi) is 6.67. The average Bonchev–Trinajstić information content (AvgIpc) is 2.82. The largest absolute Gasteiger partial charge is 0.489 e. The van der Waals surface area contributed by atoms with E-state index in [1.54, 1.807) is 12.1 Å². The van der Waals surface area contributed by atoms with E-state index in [-0.39, 0.29) is 10.6 Å². The van der Waals surface area contributed by atoms with Crippen LogP contribution in [0.1, 0.15) is 43.4 Å². The van der Waals surface area contributed by atoms with Crippen molar-refractivity contribution in [2.45, 2.75) is 56.1 Å². The highest BCUT2D eigenvalue weighted by atomic mass is 32.2. The third-order valence-corrected chi connectivity index (χ3v) is 8.24. The van der Waals surface area contributed by atoms with Crippen LogP contribution >= 0.6 is 0 Å². The molecule has 2 aromatic carbocycles. The zero-order valence-electron chi connectivity index (χ0n) is 18.6. The van der Waals surface area contributed by atoms with Gasteiger partial charge in [0.25, 0.3) is 0 Å². The first kappa shape index (κ1) is 23.2. The van der Waals surface area contributed by atoms with E-state index in [0.717, 1.165) is 41.4 Å². The molecule has 0 aliphatic heterocycles. The van der Waals surface area contributed by atoms with Crippen LogP contribution in [0.25, 0.3) is 10.9 Å². The van der Waals surface area contributed by atoms with Gasteiger partial charge in [-0.05, 0) is 56.2 Å². The monoisotopic (exact) mass is 468 g/mol. The fraction of sp³-hybridized carbons (Fsp3) is 0.360. The lowest BCUT2D eigenvalue weighted by molar-refractivity contribution is -0.181. The van der Waals surface area contributed by atoms with Gasteiger partial charge in [-0.25, -0.2) is 13.5 Å². The molecule has 1 amide bonds. The number of aryl methyl sites for hydroxylation is 1. The van der Waals surface area contributed by atoms with Gasteiger partial charge in [-0.1, -0.05) is 37.5 Å². The Hall–Kier alpha value is -2.97. The summed E-state index contributed by atoms with van der Waals surface area (Å²) in [4.78, 5) is 15.9. The van der Waals surface area contributed by atoms with Gasteiger partial charge in [0, 0.05) is 16.6 Å². The van der Waals surface area contributed by atoms with E-state index in [0.29, 0.717) is 36.7 Å². The number of carbonyl (C=O) groups is 1. The van der Waals surface area contributed by atoms with E-state index < -0.39 is 15.4 Å². The molecule has 0 unspecified atom stereocenters. The number of sulfone groups is 1. The summed E-state index contributed by atoms with van der Waals surface area (Å²) in [5.41, 5.74) is 1.74. The summed E-state index contributed by atoms with van der Waals surface area (Å²) in [5.74, 6) is 0.245. The summed E-state index contributed by atoms with van der Waals surface area (Å²) in [6.07, 6.45) is 3.74. The molecular formula is C25H28N2O5S. The van der Waals surface area contributed by atoms with Crippen LogP contribution in [0.5, 0.6) is 5.75 Å². The maximum Gasteiger partial charge on any atom is 0.233 e. The number of fused-ring (bicyclic) bond motifs is 1. The van der Waals surface area contributed by atoms with Crippen LogP contribution < -0.4 is 4.74 Å². The number of ether oxygens (including phenoxy) is 1. The molecule has 0 radical (unpaired) electrons. The molecule has 0 bridgehead atoms. The van der Waals surface area contributed by atoms with Crippen LogP contribution in [0, 0.1) is 6.92 Å². The molecule has 1 aliphatic rings. The van der Waals surface area contributed by atoms with Gasteiger partial charge in [-0.3, -0.25) is 15.0 Å². The zero-order chi connectivity index (χ0) is 23.5. The maximum atomic E-state index is 13.1. The molecule has 4 rings (SSSR count). The first-order valence-corrected chi connectivity index (χ1v) is 12.7. The lowest BCUT2D eigenvalue weighted by Crippen LogP contribution is -2.52. The number of pyridine rings is 1. The number of hydrogen-bond acceptors (Lipinski definition) is 6. The first-order valence-electron chi connectivity index (χ1n) is 11.1. The number of hydroxylamine groups is 2. The molecule has 1 saturated carbocycles. The third-order valence-electron chi connectivity index (χ3n) is 6.34. The van der Waals surface area contributed by atoms with Gasteiger partial charge in [0.2, 0.25) is 6.41 Å². The molecule has 0 atom stereocenters. The van der Waals surface area contributed by atoms with Gasteiger partial charge >= 0.3 is 0 Å². The van der Waals surface area contributed by atoms with Crippen molar-refractivity contribution in [3.63, 3.8) is 0 Å². The highest BCUT2D eigenvalue weighted by molar-refractivity contribution is 7.91. The van der Waals surface area contributed by atoms with Crippen molar-refractivity contribution in [2.24, 2.45) is 0 Å². The smallest absolute Gasteiger partial charge is 0.233 e. The summed E-state index contributed by atoms with van der Waals surface area (Å²) >= 11 is 0. The second-order valence-electron chi connectivity index (χ2n) is 8.69. The maximum absolute atomic E-state index is 13.1. The number of hydrogen-bond donors (Lipinski definition) is 1. The minimum atomic E-state index is -3.72. The van der Waals surface area contributed by atoms with Crippen molar-refractivity contribution in [2.75, 3.05) is 5.75 Å². The van der Waals surface area contributed by atoms with Gasteiger partial charge in [-0.15, -0.1) is 0 Å². The van der Waals surface area contributed by atoms with Crippen LogP contribution in [-0.4, -0.2) is 41.4 Å². The topological polar surface area (TPSA) is 96.8 Å². The van der Waals surface area contributed by atoms with Crippen LogP contribution in [0.4, 0.5) is 0 Å². The quantitative estimate of drug-likeness (QED) is 0.298. The van der Waals surface area contributed by atoms with E-state index >= 15 is 0 Å². The fourth-order valence-corrected chi connectivity index (χ4v) is 6.46. The molecule has 1 N–H and O–H groups in total. The molecule has 174 valence electrons. The van der Waals surface area contributed by atoms with Crippen molar-refractivity contribution >= 4 is 27.2 Å². The highest BCUT2D eigenvalue weighted by Crippen LogP contribution is 2.35. The van der Waals surface area contributed by atoms with E-state index in [2.05, 4.69) is 4.98 Å². The van der Waals surface area contributed by atoms with E-state index in [1.165, 1.54) is 12.1 Å². The van der Waals surface area contributed by atoms with Gasteiger partial charge in [0.15, 0.2) is 9.84 Å². The Balaban J connectivity index is 1.49. The Morgan fingerprint density at radius 3 is 2.48 bits per heavy atom. The van der Waals surface area contributed by atoms with Crippen LogP contribution in [0.15, 0.2) is 59.5 Å². The highest BCUT2D eigenvalue weighted by Gasteiger charge is 2.42. The number of nitrogens with zero attached hydrogens (tertiary/aromatic N) is 2. The molecule has 33 heavy (non-hydrogen) atoms. The number of rotatable bonds is 8. The minimum Gasteiger partial charge on any atom is -0.489 e. The fourth-order valence-electron chi connectivity index (χ4n) is 4.62. The molecular weight excluding hydrogens is 440 g/mol.